The molecule has 0 saturated carbocycles. The minimum Gasteiger partial charge on any atom is -0.493 e. The molecule has 0 aliphatic heterocycles. The lowest BCUT2D eigenvalue weighted by Gasteiger charge is -2.13. The summed E-state index contributed by atoms with van der Waals surface area (Å²) < 4.78 is 22.7. The van der Waals surface area contributed by atoms with Gasteiger partial charge in [-0.25, -0.2) is 9.78 Å². The molecule has 3 heterocycles. The number of esters is 1. The van der Waals surface area contributed by atoms with Gasteiger partial charge in [0.25, 0.3) is 5.56 Å². The van der Waals surface area contributed by atoms with Crippen LogP contribution in [0.15, 0.2) is 51.0 Å². The van der Waals surface area contributed by atoms with Crippen LogP contribution in [0.25, 0.3) is 10.2 Å². The summed E-state index contributed by atoms with van der Waals surface area (Å²) in [5.41, 5.74) is 1.20. The van der Waals surface area contributed by atoms with E-state index in [1.165, 1.54) is 0 Å². The molecule has 0 radical (unpaired) electrons. The van der Waals surface area contributed by atoms with Crippen LogP contribution in [0.4, 0.5) is 0 Å². The fourth-order valence-electron chi connectivity index (χ4n) is 3.95. The molecule has 0 bridgehead atoms. The van der Waals surface area contributed by atoms with Crippen LogP contribution in [0, 0.1) is 6.92 Å². The van der Waals surface area contributed by atoms with E-state index in [-0.39, 0.29) is 30.4 Å². The number of carbonyl (C=O) groups is 2. The van der Waals surface area contributed by atoms with Gasteiger partial charge in [-0.3, -0.25) is 14.2 Å². The third-order valence-electron chi connectivity index (χ3n) is 5.92. The van der Waals surface area contributed by atoms with Gasteiger partial charge in [0.1, 0.15) is 15.5 Å². The smallest absolute Gasteiger partial charge is 0.348 e. The van der Waals surface area contributed by atoms with Crippen LogP contribution in [0.2, 0.25) is 0 Å². The molecular formula is C27H29N3O7S2. The maximum Gasteiger partial charge on any atom is 0.348 e. The third kappa shape index (κ3) is 6.45. The SMILES string of the molecule is CCOC(=O)c1sc2nc(SCC(=O)NCc3ccco3)n(CCc3ccc(OC)c(OC)c3)c(=O)c2c1C. The molecule has 0 aliphatic carbocycles. The zero-order valence-electron chi connectivity index (χ0n) is 22.1. The Bertz CT molecular complexity index is 1530. The molecule has 1 amide bonds. The Balaban J connectivity index is 1.64. The summed E-state index contributed by atoms with van der Waals surface area (Å²) in [5.74, 6) is 1.17. The summed E-state index contributed by atoms with van der Waals surface area (Å²) in [7, 11) is 3.14. The average Bonchev–Trinajstić information content (AvgIpc) is 3.58. The highest BCUT2D eigenvalue weighted by molar-refractivity contribution is 7.99. The fourth-order valence-corrected chi connectivity index (χ4v) is 5.92. The van der Waals surface area contributed by atoms with E-state index >= 15 is 0 Å². The number of hydrogen-bond donors (Lipinski definition) is 1. The second kappa shape index (κ2) is 12.9. The third-order valence-corrected chi connectivity index (χ3v) is 8.06. The molecule has 39 heavy (non-hydrogen) atoms. The summed E-state index contributed by atoms with van der Waals surface area (Å²) in [5, 5.41) is 3.56. The molecule has 3 aromatic heterocycles. The summed E-state index contributed by atoms with van der Waals surface area (Å²) >= 11 is 2.28. The summed E-state index contributed by atoms with van der Waals surface area (Å²) in [4.78, 5) is 44.2. The lowest BCUT2D eigenvalue weighted by atomic mass is 10.1. The quantitative estimate of drug-likeness (QED) is 0.151. The number of nitrogens with one attached hydrogen (secondary N) is 1. The number of benzene rings is 1. The predicted molar refractivity (Wildman–Crippen MR) is 149 cm³/mol. The number of nitrogens with zero attached hydrogens (tertiary/aromatic N) is 2. The molecule has 4 aromatic rings. The van der Waals surface area contributed by atoms with E-state index in [9.17, 15) is 14.4 Å². The van der Waals surface area contributed by atoms with E-state index in [4.69, 9.17) is 23.6 Å². The first-order valence-corrected chi connectivity index (χ1v) is 14.0. The maximum absolute atomic E-state index is 13.7. The van der Waals surface area contributed by atoms with Gasteiger partial charge in [-0.1, -0.05) is 17.8 Å². The van der Waals surface area contributed by atoms with Crippen LogP contribution in [-0.2, 0) is 29.0 Å². The van der Waals surface area contributed by atoms with E-state index in [2.05, 4.69) is 5.32 Å². The Morgan fingerprint density at radius 3 is 2.67 bits per heavy atom. The Morgan fingerprint density at radius 2 is 1.97 bits per heavy atom. The number of methoxy groups -OCH3 is 2. The maximum atomic E-state index is 13.7. The van der Waals surface area contributed by atoms with E-state index in [0.29, 0.717) is 56.0 Å². The number of thiophene rings is 1. The monoisotopic (exact) mass is 571 g/mol. The van der Waals surface area contributed by atoms with Crippen LogP contribution in [0.3, 0.4) is 0 Å². The minimum absolute atomic E-state index is 0.0457. The predicted octanol–water partition coefficient (Wildman–Crippen LogP) is 4.20. The Labute approximate surface area is 233 Å². The number of rotatable bonds is 12. The molecule has 0 fully saturated rings. The van der Waals surface area contributed by atoms with Gasteiger partial charge in [0.15, 0.2) is 16.7 Å². The molecule has 4 rings (SSSR count). The topological polar surface area (TPSA) is 122 Å². The van der Waals surface area contributed by atoms with E-state index in [1.807, 2.05) is 18.2 Å². The molecule has 12 heteroatoms. The van der Waals surface area contributed by atoms with Crippen LogP contribution >= 0.6 is 23.1 Å². The molecular weight excluding hydrogens is 542 g/mol. The van der Waals surface area contributed by atoms with Crippen LogP contribution in [0.1, 0.15) is 33.5 Å². The number of ether oxygens (including phenoxy) is 3. The van der Waals surface area contributed by atoms with Gasteiger partial charge in [0.2, 0.25) is 5.91 Å². The van der Waals surface area contributed by atoms with E-state index in [1.54, 1.807) is 51.0 Å². The second-order valence-corrected chi connectivity index (χ2v) is 10.3. The van der Waals surface area contributed by atoms with Gasteiger partial charge in [0, 0.05) is 6.54 Å². The number of carbonyl (C=O) groups excluding carboxylic acids is 2. The first-order chi connectivity index (χ1) is 18.9. The van der Waals surface area contributed by atoms with E-state index < -0.39 is 5.97 Å². The molecule has 0 saturated heterocycles. The Morgan fingerprint density at radius 1 is 1.18 bits per heavy atom. The van der Waals surface area contributed by atoms with Crippen LogP contribution in [0.5, 0.6) is 11.5 Å². The molecule has 10 nitrogen and oxygen atoms in total. The van der Waals surface area contributed by atoms with Crippen molar-refractivity contribution >= 4 is 45.2 Å². The number of fused-ring (bicyclic) bond motifs is 1. The highest BCUT2D eigenvalue weighted by Gasteiger charge is 2.23. The van der Waals surface area contributed by atoms with Gasteiger partial charge >= 0.3 is 5.97 Å². The number of thioether (sulfide) groups is 1. The number of aromatic nitrogens is 2. The average molecular weight is 572 g/mol. The van der Waals surface area contributed by atoms with Crippen LogP contribution < -0.4 is 20.3 Å². The summed E-state index contributed by atoms with van der Waals surface area (Å²) in [6, 6.07) is 9.10. The molecule has 0 unspecified atom stereocenters. The van der Waals surface area contributed by atoms with Crippen molar-refractivity contribution in [1.82, 2.24) is 14.9 Å². The number of furan rings is 1. The van der Waals surface area contributed by atoms with E-state index in [0.717, 1.165) is 28.7 Å². The molecule has 0 spiro atoms. The van der Waals surface area contributed by atoms with Gasteiger partial charge < -0.3 is 23.9 Å². The summed E-state index contributed by atoms with van der Waals surface area (Å²) in [6.45, 7) is 4.24. The van der Waals surface area contributed by atoms with Crippen molar-refractivity contribution in [3.63, 3.8) is 0 Å². The van der Waals surface area contributed by atoms with Crippen molar-refractivity contribution < 1.29 is 28.2 Å². The lowest BCUT2D eigenvalue weighted by Crippen LogP contribution is -2.27. The standard InChI is InChI=1S/C27H29N3O7S2/c1-5-36-26(33)23-16(2)22-24(39-23)29-27(38-15-21(31)28-14-18-7-6-12-37-18)30(25(22)32)11-10-17-8-9-19(34-3)20(13-17)35-4/h6-9,12-13H,5,10-11,14-15H2,1-4H3,(H,28,31). The zero-order valence-corrected chi connectivity index (χ0v) is 23.7. The highest BCUT2D eigenvalue weighted by Crippen LogP contribution is 2.31. The zero-order chi connectivity index (χ0) is 27.9. The number of aryl methyl sites for hydroxylation is 2. The van der Waals surface area contributed by atoms with Gasteiger partial charge in [-0.2, -0.15) is 0 Å². The lowest BCUT2D eigenvalue weighted by molar-refractivity contribution is -0.118. The summed E-state index contributed by atoms with van der Waals surface area (Å²) in [6.07, 6.45) is 2.04. The second-order valence-electron chi connectivity index (χ2n) is 8.39. The molecule has 1 aromatic carbocycles. The van der Waals surface area contributed by atoms with Gasteiger partial charge in [-0.05, 0) is 55.7 Å². The highest BCUT2D eigenvalue weighted by atomic mass is 32.2. The molecule has 1 N–H and O–H groups in total. The largest absolute Gasteiger partial charge is 0.493 e. The Hall–Kier alpha value is -3.77. The first kappa shape index (κ1) is 28.2. The van der Waals surface area contributed by atoms with Gasteiger partial charge in [-0.15, -0.1) is 11.3 Å². The molecule has 0 atom stereocenters. The normalized spacial score (nSPS) is 11.0. The van der Waals surface area contributed by atoms with Crippen molar-refractivity contribution in [2.24, 2.45) is 0 Å². The molecule has 206 valence electrons. The number of amides is 1. The Kier molecular flexibility index (Phi) is 9.31. The number of hydrogen-bond acceptors (Lipinski definition) is 10. The van der Waals surface area contributed by atoms with Crippen LogP contribution in [-0.4, -0.2) is 48.0 Å². The van der Waals surface area contributed by atoms with Crippen molar-refractivity contribution in [2.75, 3.05) is 26.6 Å². The minimum atomic E-state index is -0.485. The first-order valence-electron chi connectivity index (χ1n) is 12.2. The van der Waals surface area contributed by atoms with Crippen molar-refractivity contribution in [3.05, 3.63) is 68.7 Å². The van der Waals surface area contributed by atoms with Crippen molar-refractivity contribution in [3.8, 4) is 11.5 Å². The van der Waals surface area contributed by atoms with Gasteiger partial charge in [0.05, 0.1) is 44.8 Å². The molecule has 0 aliphatic rings. The van der Waals surface area contributed by atoms with Crippen molar-refractivity contribution in [2.45, 2.75) is 38.5 Å². The fraction of sp³-hybridized carbons (Fsp3) is 0.333. The van der Waals surface area contributed by atoms with Crippen molar-refractivity contribution in [1.29, 1.82) is 0 Å².